The Bertz CT molecular complexity index is 369. The molecule has 0 aromatic rings. The zero-order valence-electron chi connectivity index (χ0n) is 13.0. The zero-order valence-corrected chi connectivity index (χ0v) is 13.0. The van der Waals surface area contributed by atoms with Gasteiger partial charge >= 0.3 is 12.0 Å². The van der Waals surface area contributed by atoms with E-state index in [1.54, 1.807) is 0 Å². The van der Waals surface area contributed by atoms with Crippen LogP contribution in [0.4, 0.5) is 4.79 Å². The molecule has 2 unspecified atom stereocenters. The van der Waals surface area contributed by atoms with Gasteiger partial charge < -0.3 is 15.3 Å². The van der Waals surface area contributed by atoms with Gasteiger partial charge in [-0.15, -0.1) is 0 Å². The highest BCUT2D eigenvalue weighted by Gasteiger charge is 2.31. The molecule has 2 aliphatic carbocycles. The second kappa shape index (κ2) is 7.66. The van der Waals surface area contributed by atoms with Gasteiger partial charge in [0.15, 0.2) is 0 Å². The van der Waals surface area contributed by atoms with Crippen LogP contribution in [0.25, 0.3) is 0 Å². The molecule has 2 atom stereocenters. The van der Waals surface area contributed by atoms with Crippen LogP contribution in [0.15, 0.2) is 0 Å². The van der Waals surface area contributed by atoms with E-state index >= 15 is 0 Å². The molecule has 0 aromatic carbocycles. The van der Waals surface area contributed by atoms with Crippen molar-refractivity contribution in [2.24, 2.45) is 17.8 Å². The molecule has 0 bridgehead atoms. The number of carboxylic acid groups (broad SMARTS) is 1. The molecule has 120 valence electrons. The monoisotopic (exact) mass is 296 g/mol. The number of rotatable bonds is 6. The molecule has 2 N–H and O–H groups in total. The summed E-state index contributed by atoms with van der Waals surface area (Å²) in [5, 5.41) is 12.2. The molecule has 5 nitrogen and oxygen atoms in total. The van der Waals surface area contributed by atoms with Crippen molar-refractivity contribution in [3.8, 4) is 0 Å². The standard InChI is InChI=1S/C16H28N2O3/c1-2-18(11-12-6-5-7-12)16(21)17-10-13-8-3-4-9-14(13)15(19)20/h12-14H,2-11H2,1H3,(H,17,21)(H,19,20). The van der Waals surface area contributed by atoms with E-state index in [2.05, 4.69) is 5.32 Å². The van der Waals surface area contributed by atoms with E-state index in [1.165, 1.54) is 19.3 Å². The average molecular weight is 296 g/mol. The first-order chi connectivity index (χ1) is 10.1. The van der Waals surface area contributed by atoms with Gasteiger partial charge in [0.2, 0.25) is 0 Å². The number of nitrogens with zero attached hydrogens (tertiary/aromatic N) is 1. The molecule has 0 radical (unpaired) electrons. The van der Waals surface area contributed by atoms with E-state index in [1.807, 2.05) is 11.8 Å². The molecule has 2 rings (SSSR count). The van der Waals surface area contributed by atoms with Gasteiger partial charge in [0, 0.05) is 19.6 Å². The normalized spacial score (nSPS) is 26.0. The third-order valence-electron chi connectivity index (χ3n) is 5.11. The Hall–Kier alpha value is -1.26. The Morgan fingerprint density at radius 3 is 2.43 bits per heavy atom. The smallest absolute Gasteiger partial charge is 0.317 e. The number of aliphatic carboxylic acids is 1. The lowest BCUT2D eigenvalue weighted by Crippen LogP contribution is -2.46. The summed E-state index contributed by atoms with van der Waals surface area (Å²) in [6.07, 6.45) is 7.46. The lowest BCUT2D eigenvalue weighted by atomic mass is 9.79. The maximum Gasteiger partial charge on any atom is 0.317 e. The molecule has 2 fully saturated rings. The fourth-order valence-electron chi connectivity index (χ4n) is 3.45. The van der Waals surface area contributed by atoms with Crippen molar-refractivity contribution < 1.29 is 14.7 Å². The van der Waals surface area contributed by atoms with Crippen LogP contribution < -0.4 is 5.32 Å². The number of urea groups is 1. The van der Waals surface area contributed by atoms with Crippen molar-refractivity contribution in [1.82, 2.24) is 10.2 Å². The molecule has 21 heavy (non-hydrogen) atoms. The molecule has 0 aromatic heterocycles. The van der Waals surface area contributed by atoms with Gasteiger partial charge in [0.1, 0.15) is 0 Å². The SMILES string of the molecule is CCN(CC1CCC1)C(=O)NCC1CCCCC1C(=O)O. The van der Waals surface area contributed by atoms with E-state index in [9.17, 15) is 14.7 Å². The first-order valence-corrected chi connectivity index (χ1v) is 8.37. The predicted octanol–water partition coefficient (Wildman–Crippen LogP) is 2.71. The third-order valence-corrected chi connectivity index (χ3v) is 5.11. The van der Waals surface area contributed by atoms with Gasteiger partial charge in [-0.3, -0.25) is 4.79 Å². The summed E-state index contributed by atoms with van der Waals surface area (Å²) < 4.78 is 0. The molecule has 5 heteroatoms. The lowest BCUT2D eigenvalue weighted by molar-refractivity contribution is -0.144. The number of carbonyl (C=O) groups excluding carboxylic acids is 1. The van der Waals surface area contributed by atoms with Crippen molar-refractivity contribution in [3.63, 3.8) is 0 Å². The first-order valence-electron chi connectivity index (χ1n) is 8.37. The molecule has 0 heterocycles. The fourth-order valence-corrected chi connectivity index (χ4v) is 3.45. The Balaban J connectivity index is 1.79. The Morgan fingerprint density at radius 2 is 1.86 bits per heavy atom. The largest absolute Gasteiger partial charge is 0.481 e. The summed E-state index contributed by atoms with van der Waals surface area (Å²) in [4.78, 5) is 25.4. The Labute approximate surface area is 127 Å². The van der Waals surface area contributed by atoms with Crippen molar-refractivity contribution >= 4 is 12.0 Å². The molecule has 0 spiro atoms. The maximum absolute atomic E-state index is 12.2. The molecule has 0 saturated heterocycles. The highest BCUT2D eigenvalue weighted by Crippen LogP contribution is 2.30. The summed E-state index contributed by atoms with van der Waals surface area (Å²) in [5.74, 6) is -0.253. The summed E-state index contributed by atoms with van der Waals surface area (Å²) in [6, 6.07) is -0.0286. The second-order valence-electron chi connectivity index (χ2n) is 6.51. The van der Waals surface area contributed by atoms with Crippen molar-refractivity contribution in [2.75, 3.05) is 19.6 Å². The van der Waals surface area contributed by atoms with E-state index in [4.69, 9.17) is 0 Å². The fraction of sp³-hybridized carbons (Fsp3) is 0.875. The molecule has 2 aliphatic rings. The lowest BCUT2D eigenvalue weighted by Gasteiger charge is -2.33. The van der Waals surface area contributed by atoms with Crippen LogP contribution in [-0.2, 0) is 4.79 Å². The number of amides is 2. The topological polar surface area (TPSA) is 69.6 Å². The van der Waals surface area contributed by atoms with E-state index < -0.39 is 5.97 Å². The van der Waals surface area contributed by atoms with Gasteiger partial charge in [0.25, 0.3) is 0 Å². The molecule has 2 amide bonds. The van der Waals surface area contributed by atoms with Gasteiger partial charge in [0.05, 0.1) is 5.92 Å². The highest BCUT2D eigenvalue weighted by atomic mass is 16.4. The summed E-state index contributed by atoms with van der Waals surface area (Å²) in [6.45, 7) is 4.06. The summed E-state index contributed by atoms with van der Waals surface area (Å²) in [5.41, 5.74) is 0. The minimum absolute atomic E-state index is 0.0286. The number of carboxylic acids is 1. The molecule has 2 saturated carbocycles. The number of hydrogen-bond acceptors (Lipinski definition) is 2. The van der Waals surface area contributed by atoms with Crippen LogP contribution in [0.3, 0.4) is 0 Å². The maximum atomic E-state index is 12.2. The third kappa shape index (κ3) is 4.35. The molecular formula is C16H28N2O3. The Kier molecular flexibility index (Phi) is 5.88. The van der Waals surface area contributed by atoms with Gasteiger partial charge in [-0.25, -0.2) is 4.79 Å². The van der Waals surface area contributed by atoms with Gasteiger partial charge in [-0.2, -0.15) is 0 Å². The Morgan fingerprint density at radius 1 is 1.14 bits per heavy atom. The van der Waals surface area contributed by atoms with Crippen LogP contribution in [0, 0.1) is 17.8 Å². The zero-order chi connectivity index (χ0) is 15.2. The van der Waals surface area contributed by atoms with Crippen molar-refractivity contribution in [2.45, 2.75) is 51.9 Å². The number of hydrogen-bond donors (Lipinski definition) is 2. The molecular weight excluding hydrogens is 268 g/mol. The van der Waals surface area contributed by atoms with Crippen LogP contribution in [0.1, 0.15) is 51.9 Å². The van der Waals surface area contributed by atoms with Crippen LogP contribution in [0.2, 0.25) is 0 Å². The van der Waals surface area contributed by atoms with E-state index in [0.717, 1.165) is 38.8 Å². The molecule has 0 aliphatic heterocycles. The average Bonchev–Trinajstić information content (AvgIpc) is 2.44. The summed E-state index contributed by atoms with van der Waals surface area (Å²) >= 11 is 0. The number of carbonyl (C=O) groups is 2. The van der Waals surface area contributed by atoms with E-state index in [-0.39, 0.29) is 17.9 Å². The number of nitrogens with one attached hydrogen (secondary N) is 1. The van der Waals surface area contributed by atoms with Crippen LogP contribution >= 0.6 is 0 Å². The van der Waals surface area contributed by atoms with Gasteiger partial charge in [-0.1, -0.05) is 19.3 Å². The minimum Gasteiger partial charge on any atom is -0.481 e. The second-order valence-corrected chi connectivity index (χ2v) is 6.51. The van der Waals surface area contributed by atoms with Gasteiger partial charge in [-0.05, 0) is 44.4 Å². The van der Waals surface area contributed by atoms with E-state index in [0.29, 0.717) is 12.5 Å². The predicted molar refractivity (Wildman–Crippen MR) is 81.1 cm³/mol. The minimum atomic E-state index is -0.712. The van der Waals surface area contributed by atoms with Crippen LogP contribution in [-0.4, -0.2) is 41.6 Å². The van der Waals surface area contributed by atoms with Crippen molar-refractivity contribution in [3.05, 3.63) is 0 Å². The summed E-state index contributed by atoms with van der Waals surface area (Å²) in [7, 11) is 0. The first kappa shape index (κ1) is 16.1. The quantitative estimate of drug-likeness (QED) is 0.791. The van der Waals surface area contributed by atoms with Crippen LogP contribution in [0.5, 0.6) is 0 Å². The van der Waals surface area contributed by atoms with Crippen molar-refractivity contribution in [1.29, 1.82) is 0 Å². The highest BCUT2D eigenvalue weighted by molar-refractivity contribution is 5.74.